The lowest BCUT2D eigenvalue weighted by Gasteiger charge is -1.97. The van der Waals surface area contributed by atoms with Gasteiger partial charge in [0.15, 0.2) is 5.82 Å². The number of nitrogens with zero attached hydrogens (tertiary/aromatic N) is 2. The minimum Gasteiger partial charge on any atom is -0.343 e. The lowest BCUT2D eigenvalue weighted by atomic mass is 10.6. The highest BCUT2D eigenvalue weighted by Crippen LogP contribution is 2.02. The van der Waals surface area contributed by atoms with Gasteiger partial charge in [-0.3, -0.25) is 0 Å². The van der Waals surface area contributed by atoms with Crippen molar-refractivity contribution in [3.8, 4) is 6.01 Å². The van der Waals surface area contributed by atoms with Gasteiger partial charge in [-0.2, -0.15) is 18.4 Å². The van der Waals surface area contributed by atoms with Crippen molar-refractivity contribution < 1.29 is 17.0 Å². The van der Waals surface area contributed by atoms with Crippen LogP contribution in [0, 0.1) is 5.82 Å². The molecule has 0 radical (unpaired) electrons. The number of hydrogen-bond acceptors (Lipinski definition) is 5. The zero-order valence-electron chi connectivity index (χ0n) is 6.06. The highest BCUT2D eigenvalue weighted by Gasteiger charge is 2.06. The summed E-state index contributed by atoms with van der Waals surface area (Å²) in [5.74, 6) is -0.657. The van der Waals surface area contributed by atoms with Crippen molar-refractivity contribution in [2.24, 2.45) is 0 Å². The van der Waals surface area contributed by atoms with Crippen molar-refractivity contribution in [2.75, 3.05) is 6.26 Å². The van der Waals surface area contributed by atoms with Crippen LogP contribution in [0.15, 0.2) is 12.4 Å². The largest absolute Gasteiger partial charge is 0.343 e. The van der Waals surface area contributed by atoms with E-state index in [0.717, 1.165) is 18.6 Å². The van der Waals surface area contributed by atoms with Crippen LogP contribution < -0.4 is 4.18 Å². The predicted molar refractivity (Wildman–Crippen MR) is 37.5 cm³/mol. The van der Waals surface area contributed by atoms with E-state index in [9.17, 15) is 12.8 Å². The third kappa shape index (κ3) is 2.79. The second kappa shape index (κ2) is 3.02. The summed E-state index contributed by atoms with van der Waals surface area (Å²) >= 11 is 0. The summed E-state index contributed by atoms with van der Waals surface area (Å²) in [6.45, 7) is 0. The molecule has 0 N–H and O–H groups in total. The van der Waals surface area contributed by atoms with Gasteiger partial charge in [-0.1, -0.05) is 0 Å². The van der Waals surface area contributed by atoms with E-state index in [1.165, 1.54) is 0 Å². The molecular formula is C5H5FN2O3S. The molecule has 0 aliphatic heterocycles. The predicted octanol–water partition coefficient (Wildman–Crippen LogP) is -0.0459. The van der Waals surface area contributed by atoms with E-state index >= 15 is 0 Å². The quantitative estimate of drug-likeness (QED) is 0.614. The highest BCUT2D eigenvalue weighted by molar-refractivity contribution is 7.86. The molecule has 0 saturated heterocycles. The molecule has 1 rings (SSSR count). The van der Waals surface area contributed by atoms with Gasteiger partial charge in [-0.25, -0.2) is 4.39 Å². The fourth-order valence-corrected chi connectivity index (χ4v) is 0.836. The molecule has 0 aromatic carbocycles. The molecule has 1 aromatic heterocycles. The molecule has 0 bridgehead atoms. The van der Waals surface area contributed by atoms with Crippen molar-refractivity contribution in [1.82, 2.24) is 9.97 Å². The second-order valence-corrected chi connectivity index (χ2v) is 3.55. The second-order valence-electron chi connectivity index (χ2n) is 1.97. The van der Waals surface area contributed by atoms with Gasteiger partial charge in [-0.15, -0.1) is 0 Å². The van der Waals surface area contributed by atoms with Crippen LogP contribution in [0.1, 0.15) is 0 Å². The summed E-state index contributed by atoms with van der Waals surface area (Å²) in [6, 6.07) is -0.390. The van der Waals surface area contributed by atoms with E-state index in [1.807, 2.05) is 0 Å². The van der Waals surface area contributed by atoms with Gasteiger partial charge >= 0.3 is 16.1 Å². The summed E-state index contributed by atoms with van der Waals surface area (Å²) in [4.78, 5) is 6.55. The summed E-state index contributed by atoms with van der Waals surface area (Å²) in [5, 5.41) is 0. The number of hydrogen-bond donors (Lipinski definition) is 0. The average molecular weight is 192 g/mol. The van der Waals surface area contributed by atoms with Crippen LogP contribution in [-0.4, -0.2) is 24.6 Å². The van der Waals surface area contributed by atoms with E-state index in [4.69, 9.17) is 0 Å². The van der Waals surface area contributed by atoms with Crippen LogP contribution in [0.2, 0.25) is 0 Å². The summed E-state index contributed by atoms with van der Waals surface area (Å²) in [6.07, 6.45) is 2.47. The minimum absolute atomic E-state index is 0.390. The molecule has 0 amide bonds. The van der Waals surface area contributed by atoms with Crippen molar-refractivity contribution >= 4 is 10.1 Å². The standard InChI is InChI=1S/C5H5FN2O3S/c1-12(9,10)11-5-7-2-4(6)3-8-5/h2-3H,1H3. The molecule has 0 aliphatic carbocycles. The summed E-state index contributed by atoms with van der Waals surface area (Å²) in [5.41, 5.74) is 0. The Morgan fingerprint density at radius 1 is 1.42 bits per heavy atom. The molecule has 0 fully saturated rings. The van der Waals surface area contributed by atoms with Gasteiger partial charge in [-0.05, 0) is 0 Å². The fourth-order valence-electron chi connectivity index (χ4n) is 0.479. The maximum atomic E-state index is 12.2. The van der Waals surface area contributed by atoms with Crippen LogP contribution in [0.5, 0.6) is 6.01 Å². The van der Waals surface area contributed by atoms with E-state index in [1.54, 1.807) is 0 Å². The van der Waals surface area contributed by atoms with E-state index in [0.29, 0.717) is 0 Å². The SMILES string of the molecule is CS(=O)(=O)Oc1ncc(F)cn1. The molecule has 66 valence electrons. The van der Waals surface area contributed by atoms with Gasteiger partial charge in [0.2, 0.25) is 0 Å². The van der Waals surface area contributed by atoms with Crippen LogP contribution in [0.25, 0.3) is 0 Å². The molecule has 0 unspecified atom stereocenters. The first-order valence-electron chi connectivity index (χ1n) is 2.84. The zero-order valence-corrected chi connectivity index (χ0v) is 6.88. The van der Waals surface area contributed by atoms with Crippen molar-refractivity contribution in [3.05, 3.63) is 18.2 Å². The summed E-state index contributed by atoms with van der Waals surface area (Å²) in [7, 11) is -3.64. The molecule has 5 nitrogen and oxygen atoms in total. The number of rotatable bonds is 2. The summed E-state index contributed by atoms with van der Waals surface area (Å²) < 4.78 is 37.4. The minimum atomic E-state index is -3.64. The third-order valence-electron chi connectivity index (χ3n) is 0.823. The molecule has 1 heterocycles. The lowest BCUT2D eigenvalue weighted by molar-refractivity contribution is 0.465. The highest BCUT2D eigenvalue weighted by atomic mass is 32.2. The molecule has 0 saturated carbocycles. The van der Waals surface area contributed by atoms with E-state index < -0.39 is 15.9 Å². The number of halogens is 1. The molecule has 0 spiro atoms. The van der Waals surface area contributed by atoms with Crippen molar-refractivity contribution in [3.63, 3.8) is 0 Å². The number of aromatic nitrogens is 2. The topological polar surface area (TPSA) is 69.2 Å². The van der Waals surface area contributed by atoms with Crippen LogP contribution >= 0.6 is 0 Å². The monoisotopic (exact) mass is 192 g/mol. The van der Waals surface area contributed by atoms with Gasteiger partial charge in [0.25, 0.3) is 0 Å². The van der Waals surface area contributed by atoms with E-state index in [-0.39, 0.29) is 6.01 Å². The average Bonchev–Trinajstić information content (AvgIpc) is 1.91. The van der Waals surface area contributed by atoms with Gasteiger partial charge in [0.1, 0.15) is 0 Å². The molecule has 7 heteroatoms. The first-order chi connectivity index (χ1) is 5.47. The molecular weight excluding hydrogens is 187 g/mol. The maximum Gasteiger partial charge on any atom is 0.332 e. The Morgan fingerprint density at radius 3 is 2.33 bits per heavy atom. The Bertz CT molecular complexity index is 361. The van der Waals surface area contributed by atoms with Crippen molar-refractivity contribution in [2.45, 2.75) is 0 Å². The first-order valence-corrected chi connectivity index (χ1v) is 4.66. The van der Waals surface area contributed by atoms with Crippen molar-refractivity contribution in [1.29, 1.82) is 0 Å². The molecule has 0 aliphatic rings. The lowest BCUT2D eigenvalue weighted by Crippen LogP contribution is -2.08. The van der Waals surface area contributed by atoms with Gasteiger partial charge in [0.05, 0.1) is 18.6 Å². The molecule has 1 aromatic rings. The van der Waals surface area contributed by atoms with Gasteiger partial charge < -0.3 is 4.18 Å². The maximum absolute atomic E-state index is 12.2. The Hall–Kier alpha value is -1.24. The molecule has 0 atom stereocenters. The Kier molecular flexibility index (Phi) is 2.22. The smallest absolute Gasteiger partial charge is 0.332 e. The normalized spacial score (nSPS) is 11.2. The Labute approximate surface area is 68.3 Å². The first kappa shape index (κ1) is 8.85. The van der Waals surface area contributed by atoms with E-state index in [2.05, 4.69) is 14.2 Å². The fraction of sp³-hybridized carbons (Fsp3) is 0.200. The van der Waals surface area contributed by atoms with Crippen LogP contribution in [0.4, 0.5) is 4.39 Å². The van der Waals surface area contributed by atoms with Crippen LogP contribution in [-0.2, 0) is 10.1 Å². The molecule has 12 heavy (non-hydrogen) atoms. The van der Waals surface area contributed by atoms with Gasteiger partial charge in [0, 0.05) is 0 Å². The zero-order chi connectivity index (χ0) is 9.19. The Balaban J connectivity index is 2.85. The third-order valence-corrected chi connectivity index (χ3v) is 1.27. The Morgan fingerprint density at radius 2 is 1.92 bits per heavy atom. The van der Waals surface area contributed by atoms with Crippen LogP contribution in [0.3, 0.4) is 0 Å².